The molecule has 0 aromatic carbocycles. The molecule has 0 aliphatic heterocycles. The van der Waals surface area contributed by atoms with Crippen LogP contribution in [0.3, 0.4) is 0 Å². The van der Waals surface area contributed by atoms with Crippen LogP contribution in [0.15, 0.2) is 0 Å². The second-order valence-electron chi connectivity index (χ2n) is 0. The Balaban J connectivity index is -0.00000000500. The van der Waals surface area contributed by atoms with Gasteiger partial charge in [-0.1, -0.05) is 0 Å². The van der Waals surface area contributed by atoms with Gasteiger partial charge in [0.05, 0.1) is 0 Å². The fraction of sp³-hybridized carbons (Fsp3) is 0. The molecule has 0 radical (unpaired) electrons. The Hall–Kier alpha value is 2.30. The predicted molar refractivity (Wildman–Crippen MR) is 0 cm³/mol. The Kier molecular flexibility index (Phi) is 75.3. The summed E-state index contributed by atoms with van der Waals surface area (Å²) in [6.45, 7) is 0. The van der Waals surface area contributed by atoms with Crippen molar-refractivity contribution in [2.75, 3.05) is 0 Å². The van der Waals surface area contributed by atoms with Gasteiger partial charge in [0.15, 0.2) is 0 Å². The van der Waals surface area contributed by atoms with Crippen molar-refractivity contribution in [3.05, 3.63) is 0 Å². The fourth-order valence-corrected chi connectivity index (χ4v) is 0. The first-order chi connectivity index (χ1) is 1.00. The molecule has 0 saturated heterocycles. The van der Waals surface area contributed by atoms with Gasteiger partial charge < -0.3 is 0 Å². The molecule has 0 saturated carbocycles. The van der Waals surface area contributed by atoms with Gasteiger partial charge >= 0.3 is 32.0 Å². The van der Waals surface area contributed by atoms with Crippen LogP contribution in [-0.4, -0.2) is 0 Å². The van der Waals surface area contributed by atoms with Crippen molar-refractivity contribution >= 4 is 0 Å². The molecule has 4 heavy (non-hydrogen) atoms. The monoisotopic (exact) mass is 259 g/mol. The molecular formula is CrMoNiV. The summed E-state index contributed by atoms with van der Waals surface area (Å²) >= 11 is 4.21. The molecule has 0 unspecified atom stereocenters. The van der Waals surface area contributed by atoms with Gasteiger partial charge in [0.25, 0.3) is 0 Å². The molecule has 0 spiro atoms. The summed E-state index contributed by atoms with van der Waals surface area (Å²) < 4.78 is 0. The quantitative estimate of drug-likeness (QED) is 0.536. The molecule has 27 valence electrons. The topological polar surface area (TPSA) is 0 Å². The molecule has 0 aromatic rings. The molecule has 0 fully saturated rings. The average Bonchev–Trinajstić information content (AvgIpc) is 1.00. The standard InChI is InChI=1S/Cr.Mo.Ni.V. The third kappa shape index (κ3) is 8.85. The molecule has 0 atom stereocenters. The zero-order chi connectivity index (χ0) is 2.00. The molecule has 0 aromatic heterocycles. The minimum absolute atomic E-state index is 0. The van der Waals surface area contributed by atoms with Crippen molar-refractivity contribution in [1.29, 1.82) is 0 Å². The van der Waals surface area contributed by atoms with E-state index in [0.29, 0.717) is 0 Å². The van der Waals surface area contributed by atoms with Crippen LogP contribution in [0.25, 0.3) is 0 Å². The van der Waals surface area contributed by atoms with Gasteiger partial charge in [-0.3, -0.25) is 0 Å². The molecule has 0 amide bonds. The predicted octanol–water partition coefficient (Wildman–Crippen LogP) is -0.0100. The van der Waals surface area contributed by atoms with Crippen LogP contribution in [0.2, 0.25) is 0 Å². The first-order valence-corrected chi connectivity index (χ1v) is 4.45. The SMILES string of the molecule is [Cr].[Ni].[V][Mo]. The van der Waals surface area contributed by atoms with Gasteiger partial charge in [-0.25, -0.2) is 0 Å². The summed E-state index contributed by atoms with van der Waals surface area (Å²) in [5, 5.41) is 0. The Morgan fingerprint density at radius 3 is 1.25 bits per heavy atom. The molecule has 0 N–H and O–H groups in total. The van der Waals surface area contributed by atoms with Crippen molar-refractivity contribution in [2.45, 2.75) is 0 Å². The van der Waals surface area contributed by atoms with Crippen LogP contribution >= 0.6 is 0 Å². The summed E-state index contributed by atoms with van der Waals surface area (Å²) in [6, 6.07) is 0. The average molecular weight is 258 g/mol. The summed E-state index contributed by atoms with van der Waals surface area (Å²) in [5.74, 6) is 0. The first-order valence-electron chi connectivity index (χ1n) is 0.183. The van der Waals surface area contributed by atoms with E-state index in [4.69, 9.17) is 0 Å². The van der Waals surface area contributed by atoms with Crippen LogP contribution < -0.4 is 0 Å². The van der Waals surface area contributed by atoms with Crippen LogP contribution in [0, 0.1) is 0 Å². The Labute approximate surface area is 65.1 Å². The van der Waals surface area contributed by atoms with E-state index in [9.17, 15) is 0 Å². The maximum atomic E-state index is 2.32. The number of hydrogen-bond donors (Lipinski definition) is 0. The van der Waals surface area contributed by atoms with Crippen LogP contribution in [0.4, 0.5) is 0 Å². The van der Waals surface area contributed by atoms with E-state index in [-0.39, 0.29) is 33.9 Å². The second kappa shape index (κ2) is 18.5. The number of rotatable bonds is 0. The van der Waals surface area contributed by atoms with Gasteiger partial charge in [0, 0.05) is 33.9 Å². The van der Waals surface area contributed by atoms with Gasteiger partial charge in [0.2, 0.25) is 0 Å². The zero-order valence-electron chi connectivity index (χ0n) is 1.58. The van der Waals surface area contributed by atoms with Crippen molar-refractivity contribution in [1.82, 2.24) is 0 Å². The molecular weight excluding hydrogens is 258 g/mol. The normalized spacial score (nSPS) is 1.00. The van der Waals surface area contributed by atoms with Crippen LogP contribution in [-0.2, 0) is 65.9 Å². The summed E-state index contributed by atoms with van der Waals surface area (Å²) in [4.78, 5) is 0. The molecule has 0 rings (SSSR count). The fourth-order valence-electron chi connectivity index (χ4n) is 0. The summed E-state index contributed by atoms with van der Waals surface area (Å²) in [7, 11) is 0. The van der Waals surface area contributed by atoms with Gasteiger partial charge in [-0.05, 0) is 0 Å². The molecule has 0 aliphatic rings. The third-order valence-electron chi connectivity index (χ3n) is 0. The molecule has 0 nitrogen and oxygen atoms in total. The second-order valence-corrected chi connectivity index (χ2v) is 0. The van der Waals surface area contributed by atoms with Crippen molar-refractivity contribution < 1.29 is 65.9 Å². The van der Waals surface area contributed by atoms with Crippen LogP contribution in [0.5, 0.6) is 0 Å². The zero-order valence-corrected chi connectivity index (χ0v) is 7.25. The molecule has 0 aliphatic carbocycles. The molecule has 4 heteroatoms. The summed E-state index contributed by atoms with van der Waals surface area (Å²) in [5.41, 5.74) is 0. The van der Waals surface area contributed by atoms with Crippen molar-refractivity contribution in [2.24, 2.45) is 0 Å². The van der Waals surface area contributed by atoms with E-state index < -0.39 is 0 Å². The van der Waals surface area contributed by atoms with E-state index in [2.05, 4.69) is 14.6 Å². The summed E-state index contributed by atoms with van der Waals surface area (Å²) in [6.07, 6.45) is 0. The molecule has 0 heterocycles. The van der Waals surface area contributed by atoms with Gasteiger partial charge in [-0.15, -0.1) is 0 Å². The van der Waals surface area contributed by atoms with Gasteiger partial charge in [0.1, 0.15) is 0 Å². The molecule has 0 bridgehead atoms. The number of hydrogen-bond acceptors (Lipinski definition) is 0. The Morgan fingerprint density at radius 1 is 1.25 bits per heavy atom. The van der Waals surface area contributed by atoms with E-state index in [1.165, 1.54) is 0 Å². The van der Waals surface area contributed by atoms with E-state index >= 15 is 0 Å². The third-order valence-corrected chi connectivity index (χ3v) is 0. The maximum absolute atomic E-state index is 2.32. The van der Waals surface area contributed by atoms with E-state index in [0.717, 1.165) is 0 Å². The van der Waals surface area contributed by atoms with E-state index in [1.807, 2.05) is 17.4 Å². The first kappa shape index (κ1) is 16.3. The minimum atomic E-state index is 0. The van der Waals surface area contributed by atoms with Crippen LogP contribution in [0.1, 0.15) is 0 Å². The Bertz CT molecular complexity index is 8.00. The van der Waals surface area contributed by atoms with E-state index in [1.54, 1.807) is 0 Å². The van der Waals surface area contributed by atoms with Gasteiger partial charge in [-0.2, -0.15) is 0 Å². The van der Waals surface area contributed by atoms with Crippen molar-refractivity contribution in [3.8, 4) is 0 Å². The van der Waals surface area contributed by atoms with Crippen molar-refractivity contribution in [3.63, 3.8) is 0 Å². The Morgan fingerprint density at radius 2 is 1.25 bits per heavy atom.